The highest BCUT2D eigenvalue weighted by atomic mass is 32.2. The topological polar surface area (TPSA) is 177 Å². The summed E-state index contributed by atoms with van der Waals surface area (Å²) in [5.74, 6) is 0.00285. The number of aromatic nitrogens is 2. The normalized spacial score (nSPS) is 12.5. The fraction of sp³-hybridized carbons (Fsp3) is 0.0625. The first-order chi connectivity index (χ1) is 13.5. The number of hydrogen-bond acceptors (Lipinski definition) is 8. The summed E-state index contributed by atoms with van der Waals surface area (Å²) in [6.45, 7) is 1.57. The lowest BCUT2D eigenvalue weighted by atomic mass is 10.3. The summed E-state index contributed by atoms with van der Waals surface area (Å²) in [6, 6.07) is 10.8. The smallest absolute Gasteiger partial charge is 0.296 e. The van der Waals surface area contributed by atoms with E-state index in [0.29, 0.717) is 5.69 Å². The molecular weight excluding hydrogens is 422 g/mol. The number of benzene rings is 2. The SMILES string of the molecule is Cc1nn(-c2cccc(S(=O)(=O)O)c2)c(N)c1N=Nc1ccccc1S(=O)(=O)O. The zero-order valence-corrected chi connectivity index (χ0v) is 16.5. The van der Waals surface area contributed by atoms with E-state index >= 15 is 0 Å². The number of nitrogens with zero attached hydrogens (tertiary/aromatic N) is 4. The Hall–Kier alpha value is -3.13. The molecule has 0 aliphatic heterocycles. The molecular formula is C16H15N5O6S2. The molecule has 13 heteroatoms. The fourth-order valence-electron chi connectivity index (χ4n) is 2.49. The van der Waals surface area contributed by atoms with E-state index in [1.165, 1.54) is 53.2 Å². The molecule has 0 bridgehead atoms. The quantitative estimate of drug-likeness (QED) is 0.403. The van der Waals surface area contributed by atoms with E-state index < -0.39 is 25.1 Å². The van der Waals surface area contributed by atoms with E-state index in [1.807, 2.05) is 0 Å². The third kappa shape index (κ3) is 4.32. The third-order valence-electron chi connectivity index (χ3n) is 3.82. The lowest BCUT2D eigenvalue weighted by molar-refractivity contribution is 0.481. The molecule has 1 aromatic heterocycles. The molecule has 0 unspecified atom stereocenters. The molecule has 0 aliphatic carbocycles. The van der Waals surface area contributed by atoms with Crippen molar-refractivity contribution in [2.75, 3.05) is 5.73 Å². The van der Waals surface area contributed by atoms with Crippen molar-refractivity contribution < 1.29 is 25.9 Å². The number of anilines is 1. The maximum absolute atomic E-state index is 11.4. The lowest BCUT2D eigenvalue weighted by Gasteiger charge is -2.05. The van der Waals surface area contributed by atoms with Crippen LogP contribution in [0.2, 0.25) is 0 Å². The minimum absolute atomic E-state index is 0.00285. The maximum Gasteiger partial charge on any atom is 0.296 e. The van der Waals surface area contributed by atoms with Gasteiger partial charge in [0.15, 0.2) is 11.5 Å². The minimum Gasteiger partial charge on any atom is -0.382 e. The molecule has 0 radical (unpaired) electrons. The Labute approximate surface area is 166 Å². The monoisotopic (exact) mass is 437 g/mol. The van der Waals surface area contributed by atoms with E-state index in [1.54, 1.807) is 6.92 Å². The number of nitrogen functional groups attached to an aromatic ring is 1. The maximum atomic E-state index is 11.4. The molecule has 0 amide bonds. The number of nitrogens with two attached hydrogens (primary N) is 1. The molecule has 29 heavy (non-hydrogen) atoms. The second-order valence-electron chi connectivity index (χ2n) is 5.85. The van der Waals surface area contributed by atoms with Crippen LogP contribution in [0.1, 0.15) is 5.69 Å². The van der Waals surface area contributed by atoms with Crippen molar-refractivity contribution in [2.45, 2.75) is 16.7 Å². The van der Waals surface area contributed by atoms with Gasteiger partial charge in [-0.25, -0.2) is 4.68 Å². The molecule has 2 aromatic carbocycles. The van der Waals surface area contributed by atoms with E-state index in [2.05, 4.69) is 15.3 Å². The highest BCUT2D eigenvalue weighted by Crippen LogP contribution is 2.32. The third-order valence-corrected chi connectivity index (χ3v) is 5.58. The summed E-state index contributed by atoms with van der Waals surface area (Å²) in [4.78, 5) is -0.763. The average Bonchev–Trinajstić information content (AvgIpc) is 2.93. The predicted molar refractivity (Wildman–Crippen MR) is 103 cm³/mol. The van der Waals surface area contributed by atoms with E-state index in [4.69, 9.17) is 5.73 Å². The standard InChI is InChI=1S/C16H15N5O6S2/c1-10-15(19-18-13-7-2-3-8-14(13)29(25,26)27)16(17)21(20-10)11-5-4-6-12(9-11)28(22,23)24/h2-9H,17H2,1H3,(H,22,23,24)(H,25,26,27). The van der Waals surface area contributed by atoms with Crippen molar-refractivity contribution in [1.29, 1.82) is 0 Å². The van der Waals surface area contributed by atoms with Gasteiger partial charge >= 0.3 is 0 Å². The molecule has 0 fully saturated rings. The summed E-state index contributed by atoms with van der Waals surface area (Å²) in [6.07, 6.45) is 0. The first-order valence-electron chi connectivity index (χ1n) is 7.90. The summed E-state index contributed by atoms with van der Waals surface area (Å²) in [5, 5.41) is 12.0. The zero-order chi connectivity index (χ0) is 21.4. The van der Waals surface area contributed by atoms with Gasteiger partial charge in [-0.3, -0.25) is 9.11 Å². The summed E-state index contributed by atoms with van der Waals surface area (Å²) < 4.78 is 65.2. The van der Waals surface area contributed by atoms with Gasteiger partial charge in [-0.15, -0.1) is 10.2 Å². The van der Waals surface area contributed by atoms with Gasteiger partial charge < -0.3 is 5.73 Å². The van der Waals surface area contributed by atoms with Crippen molar-refractivity contribution in [1.82, 2.24) is 9.78 Å². The second kappa shape index (κ2) is 7.36. The van der Waals surface area contributed by atoms with E-state index in [-0.39, 0.29) is 27.8 Å². The van der Waals surface area contributed by atoms with Crippen LogP contribution in [-0.2, 0) is 20.2 Å². The first kappa shape index (κ1) is 20.6. The average molecular weight is 437 g/mol. The molecule has 4 N–H and O–H groups in total. The predicted octanol–water partition coefficient (Wildman–Crippen LogP) is 2.67. The van der Waals surface area contributed by atoms with Crippen molar-refractivity contribution in [3.8, 4) is 5.69 Å². The van der Waals surface area contributed by atoms with Crippen LogP contribution < -0.4 is 5.73 Å². The van der Waals surface area contributed by atoms with Crippen molar-refractivity contribution >= 4 is 37.4 Å². The highest BCUT2D eigenvalue weighted by Gasteiger charge is 2.18. The molecule has 0 atom stereocenters. The number of azo groups is 1. The highest BCUT2D eigenvalue weighted by molar-refractivity contribution is 7.86. The Balaban J connectivity index is 2.06. The van der Waals surface area contributed by atoms with Crippen molar-refractivity contribution in [3.63, 3.8) is 0 Å². The van der Waals surface area contributed by atoms with Crippen molar-refractivity contribution in [3.05, 3.63) is 54.2 Å². The molecule has 0 aliphatic rings. The molecule has 0 saturated heterocycles. The Morgan fingerprint density at radius 1 is 0.966 bits per heavy atom. The minimum atomic E-state index is -4.50. The van der Waals surface area contributed by atoms with Gasteiger partial charge in [-0.1, -0.05) is 18.2 Å². The molecule has 0 spiro atoms. The number of hydrogen-bond donors (Lipinski definition) is 3. The van der Waals surface area contributed by atoms with Gasteiger partial charge in [0.25, 0.3) is 20.2 Å². The Morgan fingerprint density at radius 3 is 2.31 bits per heavy atom. The Morgan fingerprint density at radius 2 is 1.66 bits per heavy atom. The summed E-state index contributed by atoms with van der Waals surface area (Å²) in [7, 11) is -8.92. The largest absolute Gasteiger partial charge is 0.382 e. The van der Waals surface area contributed by atoms with Crippen LogP contribution in [0.15, 0.2) is 68.6 Å². The molecule has 1 heterocycles. The van der Waals surface area contributed by atoms with Crippen LogP contribution >= 0.6 is 0 Å². The second-order valence-corrected chi connectivity index (χ2v) is 8.66. The Kier molecular flexibility index (Phi) is 5.23. The van der Waals surface area contributed by atoms with Crippen molar-refractivity contribution in [2.24, 2.45) is 10.2 Å². The van der Waals surface area contributed by atoms with Gasteiger partial charge in [-0.2, -0.15) is 21.9 Å². The van der Waals surface area contributed by atoms with Crippen LogP contribution in [-0.4, -0.2) is 35.7 Å². The summed E-state index contributed by atoms with van der Waals surface area (Å²) in [5.41, 5.74) is 6.64. The van der Waals surface area contributed by atoms with Crippen LogP contribution in [0.25, 0.3) is 5.69 Å². The molecule has 152 valence electrons. The van der Waals surface area contributed by atoms with Crippen LogP contribution in [0.4, 0.5) is 17.2 Å². The van der Waals surface area contributed by atoms with Gasteiger partial charge in [-0.05, 0) is 37.3 Å². The molecule has 0 saturated carbocycles. The van der Waals surface area contributed by atoms with Gasteiger partial charge in [0.1, 0.15) is 10.6 Å². The van der Waals surface area contributed by atoms with Gasteiger partial charge in [0.2, 0.25) is 0 Å². The Bertz CT molecular complexity index is 1330. The van der Waals surface area contributed by atoms with E-state index in [0.717, 1.165) is 0 Å². The van der Waals surface area contributed by atoms with Crippen LogP contribution in [0, 0.1) is 6.92 Å². The first-order valence-corrected chi connectivity index (χ1v) is 10.8. The van der Waals surface area contributed by atoms with Gasteiger partial charge in [0.05, 0.1) is 16.3 Å². The van der Waals surface area contributed by atoms with Crippen LogP contribution in [0.5, 0.6) is 0 Å². The number of rotatable bonds is 5. The van der Waals surface area contributed by atoms with Crippen LogP contribution in [0.3, 0.4) is 0 Å². The van der Waals surface area contributed by atoms with Gasteiger partial charge in [0, 0.05) is 0 Å². The molecule has 3 aromatic rings. The fourth-order valence-corrected chi connectivity index (χ4v) is 3.64. The molecule has 3 rings (SSSR count). The number of aryl methyl sites for hydroxylation is 1. The summed E-state index contributed by atoms with van der Waals surface area (Å²) >= 11 is 0. The molecule has 11 nitrogen and oxygen atoms in total. The van der Waals surface area contributed by atoms with E-state index in [9.17, 15) is 25.9 Å². The zero-order valence-electron chi connectivity index (χ0n) is 14.8. The lowest BCUT2D eigenvalue weighted by Crippen LogP contribution is -2.04.